The molecule has 9 aromatic rings. The van der Waals surface area contributed by atoms with E-state index < -0.39 is 0 Å². The third kappa shape index (κ3) is 9.30. The van der Waals surface area contributed by atoms with E-state index in [1.165, 1.54) is 140 Å². The number of benzene rings is 9. The molecule has 0 saturated carbocycles. The van der Waals surface area contributed by atoms with Crippen LogP contribution in [0.25, 0.3) is 0 Å². The summed E-state index contributed by atoms with van der Waals surface area (Å²) in [6.45, 7) is 58.7. The van der Waals surface area contributed by atoms with Gasteiger partial charge in [0, 0.05) is 67.2 Å². The maximum absolute atomic E-state index is 2.81. The zero-order valence-corrected chi connectivity index (χ0v) is 62.8. The van der Waals surface area contributed by atoms with E-state index in [0.717, 1.165) is 42.7 Å². The highest BCUT2D eigenvalue weighted by Crippen LogP contribution is 2.59. The van der Waals surface area contributed by atoms with Crippen LogP contribution in [-0.2, 0) is 54.1 Å². The SMILES string of the molecule is Cc1cc2c(cc1N1c3cc4c(cc3B3c5cc6c(cc5N(c5cc7c(cc5C)C(C)(C)c5ccccc5C7(C)C)c5cc(N(c7ccc(C(C)(C)C)cc7)c7ccc(C(C)(C)C)cc7)cc1c53)C(C)(C)CCC6(C)C)C(C)(C)CCC4(C)C)C(C)(C)c1ccccc1C2(C)C. The van der Waals surface area contributed by atoms with Crippen LogP contribution in [0.4, 0.5) is 51.2 Å². The van der Waals surface area contributed by atoms with E-state index in [1.54, 1.807) is 0 Å². The van der Waals surface area contributed by atoms with Crippen molar-refractivity contribution >= 4 is 74.3 Å². The first-order chi connectivity index (χ1) is 44.7. The van der Waals surface area contributed by atoms with Gasteiger partial charge in [-0.05, 0) is 238 Å². The standard InChI is InChI=1S/C92H106BN3/c1-55-45-70-72(91(21,22)64-31-27-25-29-62(64)89(70,17)18)53-76(55)95-78-51-68-66(85(9,10)41-43-87(68,13)14)49-74(78)93-75-50-67-69(88(15,16)44-42-86(67,11)12)52-79(75)96(77-54-73-71(46-56(77)2)90(19,20)63-30-26-28-32-65(63)92(73,23)24)81-48-61(47-80(95)82(81)93)94(59-37-33-57(34-38-59)83(3,4)5)60-39-35-58(36-40-60)84(6,7)8/h25-40,45-54H,41-44H2,1-24H3. The van der Waals surface area contributed by atoms with Crippen LogP contribution in [0.1, 0.15) is 267 Å². The average molecular weight is 1260 g/mol. The van der Waals surface area contributed by atoms with E-state index >= 15 is 0 Å². The lowest BCUT2D eigenvalue weighted by Gasteiger charge is -2.50. The topological polar surface area (TPSA) is 9.72 Å². The summed E-state index contributed by atoms with van der Waals surface area (Å²) in [6, 6.07) is 64.5. The number of hydrogen-bond donors (Lipinski definition) is 0. The third-order valence-electron chi connectivity index (χ3n) is 25.6. The minimum atomic E-state index is -0.272. The van der Waals surface area contributed by atoms with Crippen LogP contribution in [-0.4, -0.2) is 6.71 Å². The summed E-state index contributed by atoms with van der Waals surface area (Å²) in [7, 11) is 0. The first-order valence-corrected chi connectivity index (χ1v) is 36.4. The van der Waals surface area contributed by atoms with Crippen molar-refractivity contribution in [3.63, 3.8) is 0 Å². The van der Waals surface area contributed by atoms with E-state index in [0.29, 0.717) is 0 Å². The van der Waals surface area contributed by atoms with Crippen LogP contribution in [0.3, 0.4) is 0 Å². The fourth-order valence-corrected chi connectivity index (χ4v) is 19.1. The Morgan fingerprint density at radius 2 is 0.583 bits per heavy atom. The van der Waals surface area contributed by atoms with Crippen LogP contribution in [0.2, 0.25) is 0 Å². The molecule has 0 N–H and O–H groups in total. The number of nitrogens with zero attached hydrogens (tertiary/aromatic N) is 3. The second-order valence-electron chi connectivity index (χ2n) is 37.3. The first kappa shape index (κ1) is 64.4. The Hall–Kier alpha value is -7.56. The van der Waals surface area contributed by atoms with Crippen molar-refractivity contribution in [3.05, 3.63) is 247 Å². The van der Waals surface area contributed by atoms with Crippen LogP contribution in [0.15, 0.2) is 158 Å². The number of fused-ring (bicyclic) bond motifs is 10. The molecule has 2 aliphatic heterocycles. The van der Waals surface area contributed by atoms with E-state index in [9.17, 15) is 0 Å². The molecule has 0 spiro atoms. The van der Waals surface area contributed by atoms with Crippen molar-refractivity contribution in [3.8, 4) is 0 Å². The smallest absolute Gasteiger partial charge is 0.252 e. The van der Waals surface area contributed by atoms with Gasteiger partial charge in [-0.25, -0.2) is 0 Å². The van der Waals surface area contributed by atoms with Gasteiger partial charge in [-0.3, -0.25) is 0 Å². The fourth-order valence-electron chi connectivity index (χ4n) is 19.1. The Morgan fingerprint density at radius 1 is 0.302 bits per heavy atom. The Labute approximate surface area is 578 Å². The molecule has 96 heavy (non-hydrogen) atoms. The van der Waals surface area contributed by atoms with Gasteiger partial charge in [0.25, 0.3) is 6.71 Å². The molecule has 0 saturated heterocycles. The molecule has 0 bridgehead atoms. The summed E-state index contributed by atoms with van der Waals surface area (Å²) in [4.78, 5) is 8.21. The minimum absolute atomic E-state index is 0.0202. The van der Waals surface area contributed by atoms with Crippen LogP contribution >= 0.6 is 0 Å². The Kier molecular flexibility index (Phi) is 13.8. The highest BCUT2D eigenvalue weighted by atomic mass is 15.2. The van der Waals surface area contributed by atoms with Crippen molar-refractivity contribution in [1.82, 2.24) is 0 Å². The third-order valence-corrected chi connectivity index (χ3v) is 25.6. The Morgan fingerprint density at radius 3 is 0.885 bits per heavy atom. The van der Waals surface area contributed by atoms with Gasteiger partial charge in [-0.15, -0.1) is 0 Å². The van der Waals surface area contributed by atoms with Crippen LogP contribution < -0.4 is 31.1 Å². The molecule has 3 nitrogen and oxygen atoms in total. The highest BCUT2D eigenvalue weighted by molar-refractivity contribution is 7.00. The van der Waals surface area contributed by atoms with Crippen molar-refractivity contribution in [1.29, 1.82) is 0 Å². The second kappa shape index (κ2) is 20.5. The van der Waals surface area contributed by atoms with Crippen molar-refractivity contribution in [2.75, 3.05) is 14.7 Å². The summed E-state index contributed by atoms with van der Waals surface area (Å²) in [5.74, 6) is 0. The maximum Gasteiger partial charge on any atom is 0.252 e. The zero-order valence-electron chi connectivity index (χ0n) is 62.8. The number of rotatable bonds is 5. The van der Waals surface area contributed by atoms with Gasteiger partial charge in [-0.2, -0.15) is 0 Å². The molecule has 0 radical (unpaired) electrons. The van der Waals surface area contributed by atoms with Gasteiger partial charge in [0.2, 0.25) is 0 Å². The lowest BCUT2D eigenvalue weighted by molar-refractivity contribution is 0.332. The Balaban J connectivity index is 1.13. The number of anilines is 9. The molecular weight excluding hydrogens is 1160 g/mol. The normalized spacial score (nSPS) is 19.5. The van der Waals surface area contributed by atoms with E-state index in [1.807, 2.05) is 0 Å². The van der Waals surface area contributed by atoms with Crippen molar-refractivity contribution in [2.45, 2.75) is 246 Å². The van der Waals surface area contributed by atoms with Crippen molar-refractivity contribution < 1.29 is 0 Å². The predicted molar refractivity (Wildman–Crippen MR) is 414 cm³/mol. The van der Waals surface area contributed by atoms with Gasteiger partial charge < -0.3 is 14.7 Å². The summed E-state index contributed by atoms with van der Waals surface area (Å²) in [5, 5.41) is 0. The summed E-state index contributed by atoms with van der Waals surface area (Å²) < 4.78 is 0. The molecule has 6 aliphatic rings. The molecule has 0 unspecified atom stereocenters. The summed E-state index contributed by atoms with van der Waals surface area (Å²) in [5.41, 5.74) is 36.5. The lowest BCUT2D eigenvalue weighted by atomic mass is 9.32. The van der Waals surface area contributed by atoms with Crippen LogP contribution in [0.5, 0.6) is 0 Å². The van der Waals surface area contributed by atoms with Crippen molar-refractivity contribution in [2.24, 2.45) is 0 Å². The van der Waals surface area contributed by atoms with Gasteiger partial charge in [0.1, 0.15) is 0 Å². The molecular formula is C92H106BN3. The van der Waals surface area contributed by atoms with E-state index in [2.05, 4.69) is 339 Å². The monoisotopic (exact) mass is 1260 g/mol. The molecule has 4 heteroatoms. The Bertz CT molecular complexity index is 4450. The lowest BCUT2D eigenvalue weighted by Crippen LogP contribution is -2.62. The quantitative estimate of drug-likeness (QED) is 0.159. The van der Waals surface area contributed by atoms with E-state index in [-0.39, 0.29) is 60.9 Å². The minimum Gasteiger partial charge on any atom is -0.311 e. The van der Waals surface area contributed by atoms with Gasteiger partial charge in [0.05, 0.1) is 5.69 Å². The molecule has 0 aromatic heterocycles. The molecule has 15 rings (SSSR count). The van der Waals surface area contributed by atoms with Gasteiger partial charge in [-0.1, -0.05) is 249 Å². The molecule has 0 fully saturated rings. The summed E-state index contributed by atoms with van der Waals surface area (Å²) >= 11 is 0. The molecule has 0 atom stereocenters. The largest absolute Gasteiger partial charge is 0.311 e. The van der Waals surface area contributed by atoms with E-state index in [4.69, 9.17) is 0 Å². The maximum atomic E-state index is 2.81. The molecule has 492 valence electrons. The molecule has 4 aliphatic carbocycles. The first-order valence-electron chi connectivity index (χ1n) is 36.4. The van der Waals surface area contributed by atoms with Gasteiger partial charge in [0.15, 0.2) is 0 Å². The number of hydrogen-bond acceptors (Lipinski definition) is 3. The summed E-state index contributed by atoms with van der Waals surface area (Å²) in [6.07, 6.45) is 4.54. The molecule has 9 aromatic carbocycles. The second-order valence-corrected chi connectivity index (χ2v) is 37.3. The fraction of sp³-hybridized carbons (Fsp3) is 0.413. The van der Waals surface area contributed by atoms with Crippen LogP contribution in [0, 0.1) is 13.8 Å². The average Bonchev–Trinajstić information content (AvgIpc) is 0.682. The predicted octanol–water partition coefficient (Wildman–Crippen LogP) is 23.1. The molecule has 2 heterocycles. The van der Waals surface area contributed by atoms with Gasteiger partial charge >= 0.3 is 0 Å². The zero-order chi connectivity index (χ0) is 68.7. The number of aryl methyl sites for hydroxylation is 2. The highest BCUT2D eigenvalue weighted by Gasteiger charge is 2.52. The molecule has 0 amide bonds.